The lowest BCUT2D eigenvalue weighted by molar-refractivity contribution is -0.129. The van der Waals surface area contributed by atoms with E-state index >= 15 is 0 Å². The standard InChI is InChI=1S/C17H32O2S/c1-2-3-4-5-6-7-8-9-10-11-12-16(18)17-15-20-14-13-19-17/h17H,2-15H2,1H3. The molecule has 1 unspecified atom stereocenters. The highest BCUT2D eigenvalue weighted by molar-refractivity contribution is 7.99. The van der Waals surface area contributed by atoms with Crippen molar-refractivity contribution in [3.8, 4) is 0 Å². The minimum absolute atomic E-state index is 0.104. The number of ether oxygens (including phenoxy) is 1. The summed E-state index contributed by atoms with van der Waals surface area (Å²) in [5.74, 6) is 2.25. The Bertz CT molecular complexity index is 237. The van der Waals surface area contributed by atoms with Crippen molar-refractivity contribution in [2.75, 3.05) is 18.1 Å². The van der Waals surface area contributed by atoms with Gasteiger partial charge in [0.15, 0.2) is 5.78 Å². The van der Waals surface area contributed by atoms with E-state index in [1.807, 2.05) is 11.8 Å². The lowest BCUT2D eigenvalue weighted by Gasteiger charge is -2.20. The highest BCUT2D eigenvalue weighted by Gasteiger charge is 2.21. The van der Waals surface area contributed by atoms with Gasteiger partial charge in [0.2, 0.25) is 0 Å². The maximum Gasteiger partial charge on any atom is 0.162 e. The van der Waals surface area contributed by atoms with Crippen molar-refractivity contribution < 1.29 is 9.53 Å². The predicted molar refractivity (Wildman–Crippen MR) is 88.5 cm³/mol. The molecule has 1 fully saturated rings. The molecule has 0 bridgehead atoms. The molecule has 0 aromatic heterocycles. The summed E-state index contributed by atoms with van der Waals surface area (Å²) in [6.45, 7) is 3.01. The zero-order chi connectivity index (χ0) is 14.5. The fourth-order valence-electron chi connectivity index (χ4n) is 2.62. The van der Waals surface area contributed by atoms with E-state index in [1.165, 1.54) is 57.8 Å². The van der Waals surface area contributed by atoms with E-state index in [-0.39, 0.29) is 6.10 Å². The molecule has 118 valence electrons. The van der Waals surface area contributed by atoms with Crippen molar-refractivity contribution in [2.45, 2.75) is 83.7 Å². The van der Waals surface area contributed by atoms with Crippen LogP contribution in [0.2, 0.25) is 0 Å². The van der Waals surface area contributed by atoms with Crippen LogP contribution in [0.3, 0.4) is 0 Å². The number of hydrogen-bond acceptors (Lipinski definition) is 3. The molecule has 0 aromatic rings. The molecule has 2 nitrogen and oxygen atoms in total. The number of hydrogen-bond donors (Lipinski definition) is 0. The second kappa shape index (κ2) is 12.7. The molecule has 0 aliphatic carbocycles. The summed E-state index contributed by atoms with van der Waals surface area (Å²) in [4.78, 5) is 11.9. The van der Waals surface area contributed by atoms with Crippen LogP contribution in [0.25, 0.3) is 0 Å². The van der Waals surface area contributed by atoms with Crippen LogP contribution >= 0.6 is 11.8 Å². The topological polar surface area (TPSA) is 26.3 Å². The van der Waals surface area contributed by atoms with E-state index < -0.39 is 0 Å². The molecule has 1 heterocycles. The quantitative estimate of drug-likeness (QED) is 0.474. The maximum atomic E-state index is 11.9. The first kappa shape index (κ1) is 18.0. The van der Waals surface area contributed by atoms with Crippen LogP contribution in [0.1, 0.15) is 77.6 Å². The number of thioether (sulfide) groups is 1. The van der Waals surface area contributed by atoms with Gasteiger partial charge >= 0.3 is 0 Å². The van der Waals surface area contributed by atoms with Crippen molar-refractivity contribution in [1.29, 1.82) is 0 Å². The van der Waals surface area contributed by atoms with Gasteiger partial charge in [0.1, 0.15) is 6.10 Å². The lowest BCUT2D eigenvalue weighted by Crippen LogP contribution is -2.31. The summed E-state index contributed by atoms with van der Waals surface area (Å²) >= 11 is 1.84. The van der Waals surface area contributed by atoms with E-state index in [4.69, 9.17) is 4.74 Å². The fraction of sp³-hybridized carbons (Fsp3) is 0.941. The molecule has 1 atom stereocenters. The molecule has 0 N–H and O–H groups in total. The van der Waals surface area contributed by atoms with Gasteiger partial charge in [0, 0.05) is 17.9 Å². The zero-order valence-corrected chi connectivity index (χ0v) is 14.0. The van der Waals surface area contributed by atoms with E-state index in [0.29, 0.717) is 5.78 Å². The van der Waals surface area contributed by atoms with Crippen LogP contribution in [0.4, 0.5) is 0 Å². The van der Waals surface area contributed by atoms with Crippen LogP contribution in [0.5, 0.6) is 0 Å². The van der Waals surface area contributed by atoms with Gasteiger partial charge in [-0.15, -0.1) is 0 Å². The van der Waals surface area contributed by atoms with Crippen molar-refractivity contribution >= 4 is 17.5 Å². The Morgan fingerprint density at radius 3 is 2.15 bits per heavy atom. The average Bonchev–Trinajstić information content (AvgIpc) is 2.50. The number of carbonyl (C=O) groups is 1. The first-order valence-corrected chi connectivity index (χ1v) is 9.72. The van der Waals surface area contributed by atoms with Crippen LogP contribution in [0.15, 0.2) is 0 Å². The van der Waals surface area contributed by atoms with Gasteiger partial charge in [0.05, 0.1) is 6.61 Å². The van der Waals surface area contributed by atoms with Gasteiger partial charge in [-0.1, -0.05) is 64.7 Å². The van der Waals surface area contributed by atoms with Gasteiger partial charge in [-0.25, -0.2) is 0 Å². The second-order valence-corrected chi connectivity index (χ2v) is 6.98. The van der Waals surface area contributed by atoms with Crippen LogP contribution < -0.4 is 0 Å². The Balaban J connectivity index is 1.83. The van der Waals surface area contributed by atoms with Crippen LogP contribution in [-0.2, 0) is 9.53 Å². The molecule has 0 amide bonds. The minimum atomic E-state index is -0.104. The molecule has 1 aliphatic heterocycles. The first-order chi connectivity index (χ1) is 9.84. The number of ketones is 1. The third-order valence-corrected chi connectivity index (χ3v) is 4.95. The molecule has 0 saturated carbocycles. The fourth-order valence-corrected chi connectivity index (χ4v) is 3.50. The Kier molecular flexibility index (Phi) is 11.4. The first-order valence-electron chi connectivity index (χ1n) is 8.56. The second-order valence-electron chi connectivity index (χ2n) is 5.83. The lowest BCUT2D eigenvalue weighted by atomic mass is 10.0. The Morgan fingerprint density at radius 1 is 1.00 bits per heavy atom. The summed E-state index contributed by atoms with van der Waals surface area (Å²) in [6, 6.07) is 0. The molecule has 1 saturated heterocycles. The predicted octanol–water partition coefficient (Wildman–Crippen LogP) is 5.00. The number of unbranched alkanes of at least 4 members (excludes halogenated alkanes) is 9. The minimum Gasteiger partial charge on any atom is -0.369 e. The van der Waals surface area contributed by atoms with Gasteiger partial charge < -0.3 is 4.74 Å². The van der Waals surface area contributed by atoms with Crippen molar-refractivity contribution in [3.63, 3.8) is 0 Å². The van der Waals surface area contributed by atoms with Gasteiger partial charge in [-0.3, -0.25) is 4.79 Å². The number of Topliss-reactive ketones (excluding diaryl/α,β-unsaturated/α-hetero) is 1. The third kappa shape index (κ3) is 9.02. The van der Waals surface area contributed by atoms with E-state index in [9.17, 15) is 4.79 Å². The normalized spacial score (nSPS) is 19.1. The molecular weight excluding hydrogens is 268 g/mol. The van der Waals surface area contributed by atoms with E-state index in [2.05, 4.69) is 6.92 Å². The van der Waals surface area contributed by atoms with Gasteiger partial charge in [-0.05, 0) is 6.42 Å². The Labute approximate surface area is 129 Å². The van der Waals surface area contributed by atoms with Crippen molar-refractivity contribution in [1.82, 2.24) is 0 Å². The molecule has 1 aliphatic rings. The number of carbonyl (C=O) groups excluding carboxylic acids is 1. The molecule has 0 radical (unpaired) electrons. The van der Waals surface area contributed by atoms with Crippen LogP contribution in [0, 0.1) is 0 Å². The maximum absolute atomic E-state index is 11.9. The molecule has 1 rings (SSSR count). The monoisotopic (exact) mass is 300 g/mol. The van der Waals surface area contributed by atoms with Gasteiger partial charge in [0.25, 0.3) is 0 Å². The zero-order valence-electron chi connectivity index (χ0n) is 13.2. The largest absolute Gasteiger partial charge is 0.369 e. The Morgan fingerprint density at radius 2 is 1.60 bits per heavy atom. The summed E-state index contributed by atoms with van der Waals surface area (Å²) in [5.41, 5.74) is 0. The highest BCUT2D eigenvalue weighted by atomic mass is 32.2. The van der Waals surface area contributed by atoms with E-state index in [1.54, 1.807) is 0 Å². The van der Waals surface area contributed by atoms with Gasteiger partial charge in [-0.2, -0.15) is 11.8 Å². The van der Waals surface area contributed by atoms with Crippen molar-refractivity contribution in [2.24, 2.45) is 0 Å². The van der Waals surface area contributed by atoms with Crippen LogP contribution in [-0.4, -0.2) is 30.0 Å². The third-order valence-electron chi connectivity index (χ3n) is 3.95. The summed E-state index contributed by atoms with van der Waals surface area (Å²) < 4.78 is 5.51. The average molecular weight is 301 g/mol. The van der Waals surface area contributed by atoms with E-state index in [0.717, 1.165) is 31.0 Å². The SMILES string of the molecule is CCCCCCCCCCCCC(=O)C1CSCCO1. The molecule has 20 heavy (non-hydrogen) atoms. The smallest absolute Gasteiger partial charge is 0.162 e. The summed E-state index contributed by atoms with van der Waals surface area (Å²) in [6.07, 6.45) is 13.8. The summed E-state index contributed by atoms with van der Waals surface area (Å²) in [5, 5.41) is 0. The molecule has 3 heteroatoms. The molecule has 0 spiro atoms. The molecular formula is C17H32O2S. The molecule has 0 aromatic carbocycles. The number of rotatable bonds is 12. The Hall–Kier alpha value is -0.0200. The van der Waals surface area contributed by atoms with Crippen molar-refractivity contribution in [3.05, 3.63) is 0 Å². The highest BCUT2D eigenvalue weighted by Crippen LogP contribution is 2.16. The summed E-state index contributed by atoms with van der Waals surface area (Å²) in [7, 11) is 0.